The van der Waals surface area contributed by atoms with Gasteiger partial charge in [-0.2, -0.15) is 21.6 Å². The molecule has 0 aliphatic heterocycles. The first kappa shape index (κ1) is 14.3. The third-order valence-corrected chi connectivity index (χ3v) is 3.28. The van der Waals surface area contributed by atoms with E-state index in [-0.39, 0.29) is 10.2 Å². The van der Waals surface area contributed by atoms with E-state index in [1.54, 1.807) is 0 Å². The second-order valence-corrected chi connectivity index (χ2v) is 5.17. The fourth-order valence-corrected chi connectivity index (χ4v) is 1.92. The molecule has 0 fully saturated rings. The van der Waals surface area contributed by atoms with Gasteiger partial charge in [0.1, 0.15) is 0 Å². The minimum absolute atomic E-state index is 0.289. The van der Waals surface area contributed by atoms with E-state index in [2.05, 4.69) is 4.18 Å². The molecule has 0 saturated carbocycles. The molecule has 0 unspecified atom stereocenters. The highest BCUT2D eigenvalue weighted by molar-refractivity contribution is 7.88. The number of aromatic nitrogens is 1. The molecule has 0 radical (unpaired) electrons. The van der Waals surface area contributed by atoms with Crippen LogP contribution < -0.4 is 9.74 Å². The summed E-state index contributed by atoms with van der Waals surface area (Å²) in [6.45, 7) is 0. The monoisotopic (exact) mass is 311 g/mol. The average molecular weight is 311 g/mol. The highest BCUT2D eigenvalue weighted by Crippen LogP contribution is 2.30. The van der Waals surface area contributed by atoms with Gasteiger partial charge < -0.3 is 4.18 Å². The van der Waals surface area contributed by atoms with Crippen LogP contribution in [-0.4, -0.2) is 18.7 Å². The summed E-state index contributed by atoms with van der Waals surface area (Å²) in [4.78, 5) is 10.9. The number of benzene rings is 1. The molecule has 0 spiro atoms. The zero-order chi connectivity index (χ0) is 15.1. The predicted molar refractivity (Wildman–Crippen MR) is 60.3 cm³/mol. The van der Waals surface area contributed by atoms with Crippen molar-refractivity contribution in [2.45, 2.75) is 5.51 Å². The van der Waals surface area contributed by atoms with Crippen molar-refractivity contribution in [2.24, 2.45) is 0 Å². The number of hydrogen-bond donors (Lipinski definition) is 0. The van der Waals surface area contributed by atoms with Gasteiger partial charge in [0.25, 0.3) is 5.56 Å². The van der Waals surface area contributed by atoms with E-state index in [1.807, 2.05) is 0 Å². The van der Waals surface area contributed by atoms with Crippen LogP contribution in [0.15, 0.2) is 35.1 Å². The standard InChI is InChI=1S/C10H5F4NO4S/c11-10(12,13)20(17,18)19-8-5-9(16)15(14)7-4-2-1-3-6(7)8/h1-5H. The van der Waals surface area contributed by atoms with Crippen LogP contribution in [0.2, 0.25) is 0 Å². The maximum Gasteiger partial charge on any atom is 0.534 e. The van der Waals surface area contributed by atoms with Gasteiger partial charge in [-0.05, 0) is 12.1 Å². The number of fused-ring (bicyclic) bond motifs is 1. The Hall–Kier alpha value is -2.10. The summed E-state index contributed by atoms with van der Waals surface area (Å²) >= 11 is 0. The molecule has 0 amide bonds. The summed E-state index contributed by atoms with van der Waals surface area (Å²) in [5, 5.41) is -0.289. The summed E-state index contributed by atoms with van der Waals surface area (Å²) in [5.41, 5.74) is -7.41. The minimum Gasteiger partial charge on any atom is -0.375 e. The van der Waals surface area contributed by atoms with Crippen molar-refractivity contribution in [1.82, 2.24) is 4.79 Å². The van der Waals surface area contributed by atoms with Gasteiger partial charge in [-0.3, -0.25) is 4.79 Å². The van der Waals surface area contributed by atoms with Crippen molar-refractivity contribution in [3.8, 4) is 5.75 Å². The van der Waals surface area contributed by atoms with Crippen LogP contribution in [0, 0.1) is 0 Å². The second-order valence-electron chi connectivity index (χ2n) is 3.63. The zero-order valence-electron chi connectivity index (χ0n) is 9.39. The van der Waals surface area contributed by atoms with Gasteiger partial charge >= 0.3 is 15.6 Å². The van der Waals surface area contributed by atoms with Gasteiger partial charge in [-0.25, -0.2) is 0 Å². The lowest BCUT2D eigenvalue weighted by atomic mass is 10.2. The van der Waals surface area contributed by atoms with Crippen molar-refractivity contribution in [1.29, 1.82) is 0 Å². The summed E-state index contributed by atoms with van der Waals surface area (Å²) in [7, 11) is -5.94. The van der Waals surface area contributed by atoms with Crippen LogP contribution in [0.1, 0.15) is 0 Å². The molecular formula is C10H5F4NO4S. The molecule has 1 aromatic carbocycles. The fraction of sp³-hybridized carbons (Fsp3) is 0.100. The van der Waals surface area contributed by atoms with Gasteiger partial charge in [0.15, 0.2) is 5.75 Å². The molecule has 1 heterocycles. The molecule has 108 valence electrons. The molecular weight excluding hydrogens is 306 g/mol. The molecule has 0 atom stereocenters. The van der Waals surface area contributed by atoms with Crippen molar-refractivity contribution < 1.29 is 30.3 Å². The number of pyridine rings is 1. The van der Waals surface area contributed by atoms with Crippen molar-refractivity contribution in [3.63, 3.8) is 0 Å². The van der Waals surface area contributed by atoms with Crippen LogP contribution in [0.3, 0.4) is 0 Å². The lowest BCUT2D eigenvalue weighted by Crippen LogP contribution is -2.28. The number of nitrogens with zero attached hydrogens (tertiary/aromatic N) is 1. The smallest absolute Gasteiger partial charge is 0.375 e. The second kappa shape index (κ2) is 4.47. The van der Waals surface area contributed by atoms with Gasteiger partial charge in [-0.1, -0.05) is 16.6 Å². The maximum atomic E-state index is 13.4. The lowest BCUT2D eigenvalue weighted by Gasteiger charge is -2.11. The van der Waals surface area contributed by atoms with Gasteiger partial charge in [-0.15, -0.1) is 4.79 Å². The van der Waals surface area contributed by atoms with Gasteiger partial charge in [0, 0.05) is 5.39 Å². The molecule has 1 aromatic heterocycles. The minimum atomic E-state index is -5.94. The molecule has 10 heteroatoms. The van der Waals surface area contributed by atoms with Crippen LogP contribution in [-0.2, 0) is 10.1 Å². The van der Waals surface area contributed by atoms with Crippen LogP contribution in [0.4, 0.5) is 17.7 Å². The van der Waals surface area contributed by atoms with E-state index in [9.17, 15) is 30.9 Å². The SMILES string of the molecule is O=c1cc(OS(=O)(=O)C(F)(F)F)c2ccccc2n1F. The Balaban J connectivity index is 2.69. The molecule has 20 heavy (non-hydrogen) atoms. The largest absolute Gasteiger partial charge is 0.534 e. The number of halogens is 4. The van der Waals surface area contributed by atoms with Crippen LogP contribution in [0.5, 0.6) is 5.75 Å². The summed E-state index contributed by atoms with van der Waals surface area (Å²) in [6.07, 6.45) is 0. The predicted octanol–water partition coefficient (Wildman–Crippen LogP) is 1.96. The summed E-state index contributed by atoms with van der Waals surface area (Å²) < 4.78 is 75.8. The number of hydrogen-bond acceptors (Lipinski definition) is 4. The Kier molecular flexibility index (Phi) is 3.20. The summed E-state index contributed by atoms with van der Waals surface area (Å²) in [6, 6.07) is 5.17. The van der Waals surface area contributed by atoms with E-state index in [4.69, 9.17) is 0 Å². The summed E-state index contributed by atoms with van der Waals surface area (Å²) in [5.74, 6) is -0.892. The van der Waals surface area contributed by atoms with E-state index in [0.29, 0.717) is 6.07 Å². The van der Waals surface area contributed by atoms with Gasteiger partial charge in [0.05, 0.1) is 11.6 Å². The van der Waals surface area contributed by atoms with Crippen molar-refractivity contribution in [3.05, 3.63) is 40.7 Å². The van der Waals surface area contributed by atoms with Crippen molar-refractivity contribution in [2.75, 3.05) is 0 Å². The fourth-order valence-electron chi connectivity index (χ4n) is 1.45. The highest BCUT2D eigenvalue weighted by atomic mass is 32.2. The van der Waals surface area contributed by atoms with Crippen molar-refractivity contribution >= 4 is 21.0 Å². The Morgan fingerprint density at radius 3 is 2.35 bits per heavy atom. The first-order valence-corrected chi connectivity index (χ1v) is 6.36. The molecule has 0 aliphatic carbocycles. The molecule has 0 bridgehead atoms. The quantitative estimate of drug-likeness (QED) is 0.483. The van der Waals surface area contributed by atoms with E-state index < -0.39 is 32.5 Å². The lowest BCUT2D eigenvalue weighted by molar-refractivity contribution is -0.0499. The maximum absolute atomic E-state index is 13.4. The number of rotatable bonds is 2. The van der Waals surface area contributed by atoms with Gasteiger partial charge in [0.2, 0.25) is 0 Å². The Morgan fingerprint density at radius 1 is 1.15 bits per heavy atom. The third kappa shape index (κ3) is 2.33. The Bertz CT molecular complexity index is 825. The molecule has 0 aliphatic rings. The van der Waals surface area contributed by atoms with Crippen LogP contribution >= 0.6 is 0 Å². The number of para-hydroxylation sites is 1. The third-order valence-electron chi connectivity index (χ3n) is 2.31. The molecule has 0 saturated heterocycles. The van der Waals surface area contributed by atoms with E-state index in [0.717, 1.165) is 12.1 Å². The first-order valence-electron chi connectivity index (χ1n) is 4.95. The molecule has 0 N–H and O–H groups in total. The average Bonchev–Trinajstić information content (AvgIpc) is 2.34. The highest BCUT2D eigenvalue weighted by Gasteiger charge is 2.48. The topological polar surface area (TPSA) is 65.4 Å². The zero-order valence-corrected chi connectivity index (χ0v) is 10.2. The number of alkyl halides is 3. The van der Waals surface area contributed by atoms with E-state index in [1.165, 1.54) is 12.1 Å². The molecule has 5 nitrogen and oxygen atoms in total. The normalized spacial score (nSPS) is 12.6. The van der Waals surface area contributed by atoms with Crippen LogP contribution in [0.25, 0.3) is 10.9 Å². The Morgan fingerprint density at radius 2 is 1.75 bits per heavy atom. The molecule has 2 rings (SSSR count). The molecule has 2 aromatic rings. The van der Waals surface area contributed by atoms with E-state index >= 15 is 0 Å². The Labute approximate surface area is 109 Å². The first-order chi connectivity index (χ1) is 9.13.